The molecule has 1 atom stereocenters. The number of amides is 1. The largest absolute Gasteiger partial charge is 0.286 e. The molecule has 0 radical (unpaired) electrons. The minimum absolute atomic E-state index is 0.0144. The minimum atomic E-state index is -3.68. The van der Waals surface area contributed by atoms with Gasteiger partial charge in [0.1, 0.15) is 5.82 Å². The summed E-state index contributed by atoms with van der Waals surface area (Å²) in [4.78, 5) is 11.0. The summed E-state index contributed by atoms with van der Waals surface area (Å²) in [5.41, 5.74) is 1.63. The summed E-state index contributed by atoms with van der Waals surface area (Å²) in [7, 11) is -3.68. The Balaban J connectivity index is 1.77. The molecule has 0 aromatic heterocycles. The third-order valence-electron chi connectivity index (χ3n) is 5.31. The summed E-state index contributed by atoms with van der Waals surface area (Å²) in [6.07, 6.45) is 4.37. The molecule has 1 N–H and O–H groups in total. The van der Waals surface area contributed by atoms with Crippen LogP contribution in [0.2, 0.25) is 0 Å². The van der Waals surface area contributed by atoms with Crippen LogP contribution in [0.15, 0.2) is 18.2 Å². The van der Waals surface area contributed by atoms with Gasteiger partial charge in [-0.1, -0.05) is 18.9 Å². The van der Waals surface area contributed by atoms with Gasteiger partial charge < -0.3 is 0 Å². The second-order valence-corrected chi connectivity index (χ2v) is 8.89. The zero-order valence-electron chi connectivity index (χ0n) is 14.0. The Morgan fingerprint density at radius 1 is 1.32 bits per heavy atom. The Bertz CT molecular complexity index is 734. The van der Waals surface area contributed by atoms with E-state index < -0.39 is 16.1 Å². The predicted molar refractivity (Wildman–Crippen MR) is 89.7 cm³/mol. The molecule has 1 saturated carbocycles. The maximum atomic E-state index is 13.4. The lowest BCUT2D eigenvalue weighted by Gasteiger charge is -2.32. The first-order valence-electron chi connectivity index (χ1n) is 8.58. The van der Waals surface area contributed by atoms with Gasteiger partial charge in [0.15, 0.2) is 0 Å². The number of carbonyl (C=O) groups is 1. The van der Waals surface area contributed by atoms with Crippen molar-refractivity contribution in [1.29, 1.82) is 0 Å². The number of sulfonamides is 1. The summed E-state index contributed by atoms with van der Waals surface area (Å²) in [5, 5.41) is 10.4. The van der Waals surface area contributed by atoms with Gasteiger partial charge in [-0.05, 0) is 48.4 Å². The number of fused-ring (bicyclic) bond motifs is 1. The fraction of sp³-hybridized carbons (Fsp3) is 0.588. The predicted octanol–water partition coefficient (Wildman–Crippen LogP) is 1.92. The van der Waals surface area contributed by atoms with Gasteiger partial charge in [-0.2, -0.15) is 4.31 Å². The van der Waals surface area contributed by atoms with Crippen molar-refractivity contribution >= 4 is 16.4 Å². The second-order valence-electron chi connectivity index (χ2n) is 6.87. The first-order chi connectivity index (χ1) is 11.9. The van der Waals surface area contributed by atoms with E-state index in [0.717, 1.165) is 31.2 Å². The number of benzene rings is 1. The van der Waals surface area contributed by atoms with Crippen molar-refractivity contribution in [3.8, 4) is 0 Å². The van der Waals surface area contributed by atoms with Crippen molar-refractivity contribution < 1.29 is 22.8 Å². The van der Waals surface area contributed by atoms with Crippen LogP contribution in [0.25, 0.3) is 0 Å². The molecule has 3 rings (SSSR count). The zero-order chi connectivity index (χ0) is 18.0. The standard InChI is InChI=1S/C17H23FN2O4S/c18-16-6-5-13-7-8-19(10-15(13)9-16)25(23,24)11-17(20(22)12-21)14-3-1-2-4-14/h5-6,9,12,14,17,22H,1-4,7-8,10-11H2. The Kier molecular flexibility index (Phi) is 5.41. The van der Waals surface area contributed by atoms with Gasteiger partial charge in [0.25, 0.3) is 0 Å². The average molecular weight is 370 g/mol. The topological polar surface area (TPSA) is 77.9 Å². The van der Waals surface area contributed by atoms with E-state index in [0.29, 0.717) is 23.6 Å². The highest BCUT2D eigenvalue weighted by atomic mass is 32.2. The normalized spacial score (nSPS) is 20.2. The smallest absolute Gasteiger partial charge is 0.233 e. The monoisotopic (exact) mass is 370 g/mol. The first-order valence-corrected chi connectivity index (χ1v) is 10.2. The molecule has 1 aliphatic carbocycles. The summed E-state index contributed by atoms with van der Waals surface area (Å²) < 4.78 is 40.5. The molecule has 1 aliphatic heterocycles. The summed E-state index contributed by atoms with van der Waals surface area (Å²) >= 11 is 0. The van der Waals surface area contributed by atoms with E-state index in [2.05, 4.69) is 0 Å². The van der Waals surface area contributed by atoms with Crippen LogP contribution in [-0.2, 0) is 27.8 Å². The van der Waals surface area contributed by atoms with Crippen molar-refractivity contribution in [2.45, 2.75) is 44.7 Å². The number of nitrogens with zero attached hydrogens (tertiary/aromatic N) is 2. The molecule has 25 heavy (non-hydrogen) atoms. The highest BCUT2D eigenvalue weighted by Crippen LogP contribution is 2.31. The molecular formula is C17H23FN2O4S. The van der Waals surface area contributed by atoms with Gasteiger partial charge in [-0.15, -0.1) is 0 Å². The number of hydroxylamine groups is 2. The fourth-order valence-corrected chi connectivity index (χ4v) is 5.68. The molecule has 1 amide bonds. The van der Waals surface area contributed by atoms with E-state index in [1.807, 2.05) is 0 Å². The van der Waals surface area contributed by atoms with Crippen LogP contribution < -0.4 is 0 Å². The third kappa shape index (κ3) is 4.02. The van der Waals surface area contributed by atoms with Crippen LogP contribution >= 0.6 is 0 Å². The van der Waals surface area contributed by atoms with E-state index in [-0.39, 0.29) is 30.4 Å². The number of carbonyl (C=O) groups excluding carboxylic acids is 1. The van der Waals surface area contributed by atoms with Crippen LogP contribution in [0.1, 0.15) is 36.8 Å². The maximum Gasteiger partial charge on any atom is 0.233 e. The van der Waals surface area contributed by atoms with E-state index >= 15 is 0 Å². The molecule has 138 valence electrons. The quantitative estimate of drug-likeness (QED) is 0.471. The highest BCUT2D eigenvalue weighted by Gasteiger charge is 2.36. The van der Waals surface area contributed by atoms with Crippen LogP contribution in [0.3, 0.4) is 0 Å². The number of halogens is 1. The molecule has 0 saturated heterocycles. The number of rotatable bonds is 6. The number of hydrogen-bond acceptors (Lipinski definition) is 4. The molecule has 1 fully saturated rings. The highest BCUT2D eigenvalue weighted by molar-refractivity contribution is 7.89. The lowest BCUT2D eigenvalue weighted by molar-refractivity contribution is -0.162. The molecule has 2 aliphatic rings. The second kappa shape index (κ2) is 7.39. The lowest BCUT2D eigenvalue weighted by Crippen LogP contribution is -2.47. The van der Waals surface area contributed by atoms with Crippen molar-refractivity contribution in [2.24, 2.45) is 5.92 Å². The third-order valence-corrected chi connectivity index (χ3v) is 7.17. The van der Waals surface area contributed by atoms with Crippen molar-refractivity contribution in [3.63, 3.8) is 0 Å². The van der Waals surface area contributed by atoms with Crippen molar-refractivity contribution in [2.75, 3.05) is 12.3 Å². The van der Waals surface area contributed by atoms with Gasteiger partial charge in [-0.3, -0.25) is 10.0 Å². The van der Waals surface area contributed by atoms with Gasteiger partial charge in [0.05, 0.1) is 11.8 Å². The molecular weight excluding hydrogens is 347 g/mol. The van der Waals surface area contributed by atoms with Gasteiger partial charge in [-0.25, -0.2) is 17.9 Å². The molecule has 8 heteroatoms. The average Bonchev–Trinajstić information content (AvgIpc) is 3.12. The fourth-order valence-electron chi connectivity index (χ4n) is 3.91. The lowest BCUT2D eigenvalue weighted by atomic mass is 10.00. The van der Waals surface area contributed by atoms with E-state index in [4.69, 9.17) is 0 Å². The SMILES string of the molecule is O=CN(O)C(CS(=O)(=O)N1CCc2ccc(F)cc2C1)C1CCCC1. The first kappa shape index (κ1) is 18.3. The van der Waals surface area contributed by atoms with E-state index in [9.17, 15) is 22.8 Å². The molecule has 1 heterocycles. The van der Waals surface area contributed by atoms with Crippen LogP contribution in [-0.4, -0.2) is 47.7 Å². The van der Waals surface area contributed by atoms with E-state index in [1.54, 1.807) is 6.07 Å². The number of hydrogen-bond donors (Lipinski definition) is 1. The van der Waals surface area contributed by atoms with Crippen LogP contribution in [0.5, 0.6) is 0 Å². The van der Waals surface area contributed by atoms with Gasteiger partial charge >= 0.3 is 0 Å². The Morgan fingerprint density at radius 3 is 2.72 bits per heavy atom. The zero-order valence-corrected chi connectivity index (χ0v) is 14.8. The summed E-state index contributed by atoms with van der Waals surface area (Å²) in [5.74, 6) is -0.707. The van der Waals surface area contributed by atoms with Crippen LogP contribution in [0, 0.1) is 11.7 Å². The summed E-state index contributed by atoms with van der Waals surface area (Å²) in [6.45, 7) is 0.449. The minimum Gasteiger partial charge on any atom is -0.286 e. The molecule has 1 unspecified atom stereocenters. The van der Waals surface area contributed by atoms with Crippen molar-refractivity contribution in [3.05, 3.63) is 35.1 Å². The molecule has 1 aromatic rings. The Labute approximate surface area is 147 Å². The molecule has 0 bridgehead atoms. The molecule has 6 nitrogen and oxygen atoms in total. The summed E-state index contributed by atoms with van der Waals surface area (Å²) in [6, 6.07) is 3.71. The van der Waals surface area contributed by atoms with E-state index in [1.165, 1.54) is 16.4 Å². The molecule has 0 spiro atoms. The molecule has 1 aromatic carbocycles. The van der Waals surface area contributed by atoms with Crippen molar-refractivity contribution in [1.82, 2.24) is 9.37 Å². The van der Waals surface area contributed by atoms with Crippen LogP contribution in [0.4, 0.5) is 4.39 Å². The Hall–Kier alpha value is -1.51. The van der Waals surface area contributed by atoms with Gasteiger partial charge in [0, 0.05) is 13.1 Å². The Morgan fingerprint density at radius 2 is 2.04 bits per heavy atom. The van der Waals surface area contributed by atoms with Gasteiger partial charge in [0.2, 0.25) is 16.4 Å². The maximum absolute atomic E-state index is 13.4.